The second kappa shape index (κ2) is 12.7. The second-order valence-corrected chi connectivity index (χ2v) is 1.62. The molecule has 0 fully saturated rings. The van der Waals surface area contributed by atoms with Gasteiger partial charge in [-0.25, -0.2) is 0 Å². The van der Waals surface area contributed by atoms with Gasteiger partial charge < -0.3 is 5.32 Å². The molecule has 0 heterocycles. The molecule has 0 aliphatic heterocycles. The molecule has 1 aromatic carbocycles. The highest BCUT2D eigenvalue weighted by molar-refractivity contribution is 5.41. The zero-order valence-corrected chi connectivity index (χ0v) is 6.89. The molecule has 72 valence electrons. The van der Waals surface area contributed by atoms with Crippen molar-refractivity contribution in [1.29, 1.82) is 0 Å². The van der Waals surface area contributed by atoms with Crippen molar-refractivity contribution in [3.05, 3.63) is 30.3 Å². The van der Waals surface area contributed by atoms with Crippen molar-refractivity contribution < 1.29 is 0 Å². The fourth-order valence-electron chi connectivity index (χ4n) is 0.605. The molecule has 0 unspecified atom stereocenters. The van der Waals surface area contributed by atoms with Gasteiger partial charge in [-0.05, 0) is 12.1 Å². The monoisotopic (exact) mass is 169 g/mol. The maximum atomic E-state index is 3.03. The van der Waals surface area contributed by atoms with E-state index in [0.29, 0.717) is 0 Å². The van der Waals surface area contributed by atoms with E-state index >= 15 is 0 Å². The second-order valence-electron chi connectivity index (χ2n) is 1.62. The summed E-state index contributed by atoms with van der Waals surface area (Å²) < 4.78 is 0. The Balaban J connectivity index is -0.000000189. The summed E-state index contributed by atoms with van der Waals surface area (Å²) in [4.78, 5) is 0. The predicted molar refractivity (Wildman–Crippen MR) is 60.8 cm³/mol. The summed E-state index contributed by atoms with van der Waals surface area (Å²) in [6.45, 7) is 4.00. The summed E-state index contributed by atoms with van der Waals surface area (Å²) in [6.07, 6.45) is 0. The molecule has 0 saturated heterocycles. The molecule has 1 aromatic rings. The van der Waals surface area contributed by atoms with Crippen LogP contribution in [0.1, 0.15) is 28.7 Å². The average molecular weight is 169 g/mol. The normalized spacial score (nSPS) is 6.25. The van der Waals surface area contributed by atoms with E-state index in [-0.39, 0.29) is 14.9 Å². The molecule has 0 bridgehead atoms. The zero-order valence-electron chi connectivity index (χ0n) is 6.89. The minimum absolute atomic E-state index is 0. The summed E-state index contributed by atoms with van der Waals surface area (Å²) in [5.74, 6) is 0. The minimum atomic E-state index is 0. The van der Waals surface area contributed by atoms with Crippen molar-refractivity contribution in [2.24, 2.45) is 0 Å². The van der Waals surface area contributed by atoms with Gasteiger partial charge in [-0.2, -0.15) is 0 Å². The van der Waals surface area contributed by atoms with E-state index in [1.807, 2.05) is 51.2 Å². The minimum Gasteiger partial charge on any atom is -0.388 e. The molecular weight excluding hydrogens is 146 g/mol. The smallest absolute Gasteiger partial charge is 0.0337 e. The molecule has 0 amide bonds. The van der Waals surface area contributed by atoms with Crippen LogP contribution in [0.4, 0.5) is 5.69 Å². The van der Waals surface area contributed by atoms with Gasteiger partial charge in [0.05, 0.1) is 0 Å². The first-order chi connectivity index (χ1) is 4.93. The van der Waals surface area contributed by atoms with Gasteiger partial charge >= 0.3 is 0 Å². The summed E-state index contributed by atoms with van der Waals surface area (Å²) in [5.41, 5.74) is 1.16. The highest BCUT2D eigenvalue weighted by atomic mass is 14.8. The number of anilines is 1. The zero-order chi connectivity index (χ0) is 7.82. The number of hydrogen-bond acceptors (Lipinski definition) is 1. The van der Waals surface area contributed by atoms with E-state index in [9.17, 15) is 0 Å². The van der Waals surface area contributed by atoms with Crippen LogP contribution in [-0.2, 0) is 0 Å². The fourth-order valence-corrected chi connectivity index (χ4v) is 0.605. The van der Waals surface area contributed by atoms with Crippen LogP contribution in [0.3, 0.4) is 0 Å². The Hall–Kier alpha value is -0.980. The molecule has 0 spiro atoms. The van der Waals surface area contributed by atoms with Crippen LogP contribution in [0.5, 0.6) is 0 Å². The first kappa shape index (κ1) is 17.2. The summed E-state index contributed by atoms with van der Waals surface area (Å²) >= 11 is 0. The molecule has 0 saturated carbocycles. The number of nitrogens with one attached hydrogen (secondary N) is 1. The largest absolute Gasteiger partial charge is 0.388 e. The Morgan fingerprint density at radius 3 is 1.58 bits per heavy atom. The average Bonchev–Trinajstić information content (AvgIpc) is 2.10. The van der Waals surface area contributed by atoms with Crippen LogP contribution in [0.15, 0.2) is 30.3 Å². The van der Waals surface area contributed by atoms with Crippen LogP contribution in [0, 0.1) is 0 Å². The quantitative estimate of drug-likeness (QED) is 0.669. The predicted octanol–water partition coefficient (Wildman–Crippen LogP) is 4.03. The van der Waals surface area contributed by atoms with Crippen LogP contribution in [-0.4, -0.2) is 7.05 Å². The molecule has 0 aromatic heterocycles. The van der Waals surface area contributed by atoms with Crippen LogP contribution in [0.2, 0.25) is 0 Å². The third-order valence-corrected chi connectivity index (χ3v) is 1.06. The highest BCUT2D eigenvalue weighted by Gasteiger charge is 1.77. The lowest BCUT2D eigenvalue weighted by Crippen LogP contribution is -1.84. The third kappa shape index (κ3) is 7.13. The number of hydrogen-bond donors (Lipinski definition) is 1. The van der Waals surface area contributed by atoms with Gasteiger partial charge in [0, 0.05) is 12.7 Å². The van der Waals surface area contributed by atoms with Gasteiger partial charge in [-0.15, -0.1) is 0 Å². The van der Waals surface area contributed by atoms with Gasteiger partial charge in [0.2, 0.25) is 0 Å². The highest BCUT2D eigenvalue weighted by Crippen LogP contribution is 2.01. The van der Waals surface area contributed by atoms with Gasteiger partial charge in [0.25, 0.3) is 0 Å². The standard InChI is InChI=1S/C7H9N.C2H6.2CH4/c1-8-7-5-3-2-4-6-7;1-2;;/h2-6,8H,1H3;1-2H3;2*1H4. The molecule has 0 aliphatic carbocycles. The van der Waals surface area contributed by atoms with Gasteiger partial charge in [-0.3, -0.25) is 0 Å². The number of benzene rings is 1. The van der Waals surface area contributed by atoms with E-state index in [4.69, 9.17) is 0 Å². The molecule has 0 radical (unpaired) electrons. The summed E-state index contributed by atoms with van der Waals surface area (Å²) in [6, 6.07) is 10.1. The molecule has 1 rings (SSSR count). The van der Waals surface area contributed by atoms with Crippen molar-refractivity contribution in [3.63, 3.8) is 0 Å². The molecule has 1 N–H and O–H groups in total. The molecule has 1 heteroatoms. The fraction of sp³-hybridized carbons (Fsp3) is 0.455. The lowest BCUT2D eigenvalue weighted by atomic mass is 10.3. The van der Waals surface area contributed by atoms with Gasteiger partial charge in [0.15, 0.2) is 0 Å². The number of para-hydroxylation sites is 1. The SMILES string of the molecule is C.C.CC.CNc1ccccc1. The van der Waals surface area contributed by atoms with E-state index in [2.05, 4.69) is 5.32 Å². The van der Waals surface area contributed by atoms with Crippen molar-refractivity contribution in [2.45, 2.75) is 28.7 Å². The van der Waals surface area contributed by atoms with E-state index in [1.54, 1.807) is 0 Å². The molecular formula is C11H23N. The maximum Gasteiger partial charge on any atom is 0.0337 e. The third-order valence-electron chi connectivity index (χ3n) is 1.06. The first-order valence-corrected chi connectivity index (χ1v) is 3.66. The van der Waals surface area contributed by atoms with Crippen LogP contribution < -0.4 is 5.32 Å². The Bertz CT molecular complexity index is 146. The van der Waals surface area contributed by atoms with E-state index in [0.717, 1.165) is 5.69 Å². The maximum absolute atomic E-state index is 3.03. The lowest BCUT2D eigenvalue weighted by Gasteiger charge is -1.94. The Labute approximate surface area is 77.8 Å². The van der Waals surface area contributed by atoms with Crippen LogP contribution >= 0.6 is 0 Å². The molecule has 12 heavy (non-hydrogen) atoms. The topological polar surface area (TPSA) is 12.0 Å². The summed E-state index contributed by atoms with van der Waals surface area (Å²) in [7, 11) is 1.91. The van der Waals surface area contributed by atoms with Crippen molar-refractivity contribution >= 4 is 5.69 Å². The van der Waals surface area contributed by atoms with Crippen LogP contribution in [0.25, 0.3) is 0 Å². The van der Waals surface area contributed by atoms with Gasteiger partial charge in [0.1, 0.15) is 0 Å². The first-order valence-electron chi connectivity index (χ1n) is 3.66. The van der Waals surface area contributed by atoms with Gasteiger partial charge in [-0.1, -0.05) is 46.9 Å². The molecule has 0 aliphatic rings. The van der Waals surface area contributed by atoms with E-state index in [1.165, 1.54) is 0 Å². The van der Waals surface area contributed by atoms with Crippen molar-refractivity contribution in [3.8, 4) is 0 Å². The molecule has 1 nitrogen and oxygen atoms in total. The van der Waals surface area contributed by atoms with Crippen molar-refractivity contribution in [2.75, 3.05) is 12.4 Å². The summed E-state index contributed by atoms with van der Waals surface area (Å²) in [5, 5.41) is 3.03. The Kier molecular flexibility index (Phi) is 18.2. The van der Waals surface area contributed by atoms with E-state index < -0.39 is 0 Å². The lowest BCUT2D eigenvalue weighted by molar-refractivity contribution is 1.50. The molecule has 0 atom stereocenters. The van der Waals surface area contributed by atoms with Crippen molar-refractivity contribution in [1.82, 2.24) is 0 Å². The Morgan fingerprint density at radius 2 is 1.33 bits per heavy atom. The number of rotatable bonds is 1. The Morgan fingerprint density at radius 1 is 0.917 bits per heavy atom.